The first kappa shape index (κ1) is 23.7. The zero-order chi connectivity index (χ0) is 20.7. The summed E-state index contributed by atoms with van der Waals surface area (Å²) in [5.74, 6) is -0.395. The summed E-state index contributed by atoms with van der Waals surface area (Å²) in [7, 11) is -2.05. The largest absolute Gasteiger partial charge is 0.444 e. The van der Waals surface area contributed by atoms with Crippen molar-refractivity contribution < 1.29 is 22.7 Å². The Morgan fingerprint density at radius 2 is 1.67 bits per heavy atom. The number of nitrogens with one attached hydrogen (secondary N) is 1. The lowest BCUT2D eigenvalue weighted by molar-refractivity contribution is -0.121. The van der Waals surface area contributed by atoms with Crippen LogP contribution in [0.5, 0.6) is 0 Å². The Kier molecular flexibility index (Phi) is 9.01. The van der Waals surface area contributed by atoms with Gasteiger partial charge in [0.05, 0.1) is 12.8 Å². The molecule has 0 radical (unpaired) electrons. The maximum absolute atomic E-state index is 12.7. The fraction of sp³-hybridized carbons (Fsp3) is 0.889. The molecule has 0 unspecified atom stereocenters. The third kappa shape index (κ3) is 9.41. The van der Waals surface area contributed by atoms with Crippen molar-refractivity contribution in [2.45, 2.75) is 70.9 Å². The highest BCUT2D eigenvalue weighted by Gasteiger charge is 2.28. The highest BCUT2D eigenvalue weighted by Crippen LogP contribution is 2.23. The van der Waals surface area contributed by atoms with E-state index in [0.717, 1.165) is 36.2 Å². The molecule has 1 saturated carbocycles. The number of carbonyl (C=O) groups is 2. The summed E-state index contributed by atoms with van der Waals surface area (Å²) < 4.78 is 29.3. The molecule has 0 saturated heterocycles. The number of carbonyl (C=O) groups excluding carboxylic acids is 2. The van der Waals surface area contributed by atoms with Gasteiger partial charge in [-0.2, -0.15) is 4.31 Å². The highest BCUT2D eigenvalue weighted by molar-refractivity contribution is 7.88. The van der Waals surface area contributed by atoms with Gasteiger partial charge in [0.25, 0.3) is 0 Å². The van der Waals surface area contributed by atoms with Crippen LogP contribution in [0.3, 0.4) is 0 Å². The van der Waals surface area contributed by atoms with Crippen molar-refractivity contribution >= 4 is 22.0 Å². The predicted octanol–water partition coefficient (Wildman–Crippen LogP) is 1.95. The van der Waals surface area contributed by atoms with Crippen molar-refractivity contribution in [1.82, 2.24) is 14.5 Å². The molecule has 0 aliphatic heterocycles. The Hall–Kier alpha value is -1.35. The molecule has 0 spiro atoms. The quantitative estimate of drug-likeness (QED) is 0.653. The zero-order valence-corrected chi connectivity index (χ0v) is 18.1. The molecular weight excluding hydrogens is 370 g/mol. The van der Waals surface area contributed by atoms with Gasteiger partial charge in [0.15, 0.2) is 0 Å². The van der Waals surface area contributed by atoms with Crippen LogP contribution in [0.2, 0.25) is 0 Å². The standard InChI is InChI=1S/C18H35N3O5S/c1-18(2,3)26-17(23)21(15-10-8-6-7-9-11-15)13-12-19-16(22)14-20(4)27(5,24)25/h15H,6-14H2,1-5H3,(H,19,22). The molecule has 0 heterocycles. The molecule has 27 heavy (non-hydrogen) atoms. The summed E-state index contributed by atoms with van der Waals surface area (Å²) in [5, 5.41) is 2.69. The van der Waals surface area contributed by atoms with E-state index in [0.29, 0.717) is 6.54 Å². The van der Waals surface area contributed by atoms with Gasteiger partial charge in [0.2, 0.25) is 15.9 Å². The first-order chi connectivity index (χ1) is 12.4. The number of nitrogens with zero attached hydrogens (tertiary/aromatic N) is 2. The van der Waals surface area contributed by atoms with Crippen molar-refractivity contribution in [3.8, 4) is 0 Å². The highest BCUT2D eigenvalue weighted by atomic mass is 32.2. The van der Waals surface area contributed by atoms with E-state index in [9.17, 15) is 18.0 Å². The fourth-order valence-corrected chi connectivity index (χ4v) is 3.36. The van der Waals surface area contributed by atoms with Gasteiger partial charge < -0.3 is 15.0 Å². The van der Waals surface area contributed by atoms with Crippen LogP contribution in [-0.4, -0.2) is 74.2 Å². The Morgan fingerprint density at radius 1 is 1.11 bits per heavy atom. The van der Waals surface area contributed by atoms with E-state index in [1.165, 1.54) is 19.9 Å². The molecule has 1 N–H and O–H groups in total. The molecule has 0 atom stereocenters. The topological polar surface area (TPSA) is 96.0 Å². The molecule has 1 aliphatic rings. The smallest absolute Gasteiger partial charge is 0.410 e. The summed E-state index contributed by atoms with van der Waals surface area (Å²) in [4.78, 5) is 26.3. The minimum Gasteiger partial charge on any atom is -0.444 e. The van der Waals surface area contributed by atoms with Gasteiger partial charge in [-0.25, -0.2) is 13.2 Å². The molecule has 8 nitrogen and oxygen atoms in total. The van der Waals surface area contributed by atoms with Gasteiger partial charge >= 0.3 is 6.09 Å². The summed E-state index contributed by atoms with van der Waals surface area (Å²) in [5.41, 5.74) is -0.582. The predicted molar refractivity (Wildman–Crippen MR) is 105 cm³/mol. The molecule has 2 amide bonds. The maximum atomic E-state index is 12.7. The van der Waals surface area contributed by atoms with Crippen LogP contribution in [0.25, 0.3) is 0 Å². The van der Waals surface area contributed by atoms with Crippen LogP contribution in [0.15, 0.2) is 0 Å². The van der Waals surface area contributed by atoms with Crippen LogP contribution in [-0.2, 0) is 19.6 Å². The minimum atomic E-state index is -3.41. The molecule has 0 aromatic rings. The van der Waals surface area contributed by atoms with Crippen molar-refractivity contribution in [3.63, 3.8) is 0 Å². The van der Waals surface area contributed by atoms with Gasteiger partial charge in [-0.15, -0.1) is 0 Å². The summed E-state index contributed by atoms with van der Waals surface area (Å²) in [6, 6.07) is 0.109. The number of ether oxygens (including phenoxy) is 1. The number of hydrogen-bond acceptors (Lipinski definition) is 5. The Labute approximate surface area is 163 Å². The number of likely N-dealkylation sites (N-methyl/N-ethyl adjacent to an activating group) is 1. The average molecular weight is 406 g/mol. The second-order valence-electron chi connectivity index (χ2n) is 8.19. The van der Waals surface area contributed by atoms with Crippen molar-refractivity contribution in [1.29, 1.82) is 0 Å². The van der Waals surface area contributed by atoms with Gasteiger partial charge in [0, 0.05) is 26.2 Å². The van der Waals surface area contributed by atoms with E-state index in [1.807, 2.05) is 20.8 Å². The Balaban J connectivity index is 2.65. The average Bonchev–Trinajstić information content (AvgIpc) is 2.77. The van der Waals surface area contributed by atoms with Crippen LogP contribution >= 0.6 is 0 Å². The first-order valence-corrected chi connectivity index (χ1v) is 11.4. The molecule has 1 rings (SSSR count). The number of amides is 2. The third-order valence-electron chi connectivity index (χ3n) is 4.50. The lowest BCUT2D eigenvalue weighted by atomic mass is 10.1. The number of rotatable bonds is 7. The molecular formula is C18H35N3O5S. The van der Waals surface area contributed by atoms with Crippen molar-refractivity contribution in [2.24, 2.45) is 0 Å². The molecule has 0 bridgehead atoms. The van der Waals surface area contributed by atoms with Crippen molar-refractivity contribution in [3.05, 3.63) is 0 Å². The van der Waals surface area contributed by atoms with E-state index in [1.54, 1.807) is 4.90 Å². The SMILES string of the molecule is CN(CC(=O)NCCN(C(=O)OC(C)(C)C)C1CCCCCC1)S(C)(=O)=O. The summed E-state index contributed by atoms with van der Waals surface area (Å²) in [6.45, 7) is 5.85. The lowest BCUT2D eigenvalue weighted by Gasteiger charge is -2.33. The Bertz CT molecular complexity index is 593. The maximum Gasteiger partial charge on any atom is 0.410 e. The van der Waals surface area contributed by atoms with Gasteiger partial charge in [-0.3, -0.25) is 4.79 Å². The summed E-state index contributed by atoms with van der Waals surface area (Å²) >= 11 is 0. The lowest BCUT2D eigenvalue weighted by Crippen LogP contribution is -2.47. The monoisotopic (exact) mass is 405 g/mol. The van der Waals surface area contributed by atoms with Crippen molar-refractivity contribution in [2.75, 3.05) is 32.9 Å². The Morgan fingerprint density at radius 3 is 2.15 bits per heavy atom. The van der Waals surface area contributed by atoms with Crippen LogP contribution < -0.4 is 5.32 Å². The van der Waals surface area contributed by atoms with Crippen LogP contribution in [0, 0.1) is 0 Å². The van der Waals surface area contributed by atoms with E-state index < -0.39 is 21.5 Å². The summed E-state index contributed by atoms with van der Waals surface area (Å²) in [6.07, 6.45) is 7.06. The van der Waals surface area contributed by atoms with E-state index in [2.05, 4.69) is 5.32 Å². The normalized spacial score (nSPS) is 16.7. The van der Waals surface area contributed by atoms with E-state index in [-0.39, 0.29) is 25.2 Å². The molecule has 9 heteroatoms. The molecule has 158 valence electrons. The number of sulfonamides is 1. The van der Waals surface area contributed by atoms with Crippen LogP contribution in [0.4, 0.5) is 4.79 Å². The van der Waals surface area contributed by atoms with E-state index >= 15 is 0 Å². The zero-order valence-electron chi connectivity index (χ0n) is 17.3. The van der Waals surface area contributed by atoms with Gasteiger partial charge in [0.1, 0.15) is 5.60 Å². The second kappa shape index (κ2) is 10.3. The van der Waals surface area contributed by atoms with E-state index in [4.69, 9.17) is 4.74 Å². The molecule has 1 aliphatic carbocycles. The van der Waals surface area contributed by atoms with Crippen LogP contribution in [0.1, 0.15) is 59.3 Å². The minimum absolute atomic E-state index is 0.109. The third-order valence-corrected chi connectivity index (χ3v) is 5.76. The second-order valence-corrected chi connectivity index (χ2v) is 10.3. The van der Waals surface area contributed by atoms with Gasteiger partial charge in [-0.1, -0.05) is 25.7 Å². The van der Waals surface area contributed by atoms with Gasteiger partial charge in [-0.05, 0) is 33.6 Å². The molecule has 1 fully saturated rings. The molecule has 0 aromatic heterocycles. The fourth-order valence-electron chi connectivity index (χ4n) is 3.00. The molecule has 0 aromatic carbocycles. The number of hydrogen-bond donors (Lipinski definition) is 1. The first-order valence-electron chi connectivity index (χ1n) is 9.58.